The van der Waals surface area contributed by atoms with Crippen molar-refractivity contribution < 1.29 is 5.11 Å². The van der Waals surface area contributed by atoms with E-state index in [1.165, 1.54) is 6.08 Å². The van der Waals surface area contributed by atoms with E-state index >= 15 is 0 Å². The molecule has 2 heteroatoms. The Bertz CT molecular complexity index is 200. The molecule has 0 spiro atoms. The van der Waals surface area contributed by atoms with Gasteiger partial charge in [0.05, 0.1) is 11.6 Å². The first-order chi connectivity index (χ1) is 4.95. The first kappa shape index (κ1) is 10.6. The summed E-state index contributed by atoms with van der Waals surface area (Å²) >= 11 is 5.61. The lowest BCUT2D eigenvalue weighted by molar-refractivity contribution is 0.342. The Morgan fingerprint density at radius 1 is 1.55 bits per heavy atom. The summed E-state index contributed by atoms with van der Waals surface area (Å²) in [4.78, 5) is 0. The summed E-state index contributed by atoms with van der Waals surface area (Å²) in [5.41, 5.74) is -0.0383. The zero-order valence-electron chi connectivity index (χ0n) is 7.11. The van der Waals surface area contributed by atoms with Crippen LogP contribution in [0.5, 0.6) is 0 Å². The van der Waals surface area contributed by atoms with Crippen LogP contribution in [0.15, 0.2) is 11.1 Å². The van der Waals surface area contributed by atoms with E-state index in [-0.39, 0.29) is 12.0 Å². The Morgan fingerprint density at radius 3 is 2.45 bits per heavy atom. The van der Waals surface area contributed by atoms with E-state index in [1.54, 1.807) is 0 Å². The fourth-order valence-corrected chi connectivity index (χ4v) is 0.495. The first-order valence-electron chi connectivity index (χ1n) is 3.45. The lowest BCUT2D eigenvalue weighted by Crippen LogP contribution is -1.99. The smallest absolute Gasteiger partial charge is 0.0887 e. The molecule has 1 nitrogen and oxygen atoms in total. The van der Waals surface area contributed by atoms with Crippen LogP contribution in [0.3, 0.4) is 0 Å². The minimum Gasteiger partial charge on any atom is -0.392 e. The van der Waals surface area contributed by atoms with Crippen LogP contribution in [0.1, 0.15) is 20.8 Å². The zero-order valence-corrected chi connectivity index (χ0v) is 7.87. The summed E-state index contributed by atoms with van der Waals surface area (Å²) in [6.07, 6.45) is 1.47. The van der Waals surface area contributed by atoms with E-state index in [2.05, 4.69) is 11.8 Å². The Hall–Kier alpha value is -0.450. The van der Waals surface area contributed by atoms with Gasteiger partial charge in [0.15, 0.2) is 0 Å². The monoisotopic (exact) mass is 172 g/mol. The number of allylic oxidation sites excluding steroid dienone is 1. The molecule has 0 atom stereocenters. The fourth-order valence-electron chi connectivity index (χ4n) is 0.378. The highest BCUT2D eigenvalue weighted by atomic mass is 35.5. The average molecular weight is 173 g/mol. The predicted molar refractivity (Wildman–Crippen MR) is 48.3 cm³/mol. The molecule has 62 valence electrons. The predicted octanol–water partition coefficient (Wildman–Crippen LogP) is 2.15. The van der Waals surface area contributed by atoms with E-state index < -0.39 is 0 Å². The van der Waals surface area contributed by atoms with Gasteiger partial charge in [-0.2, -0.15) is 0 Å². The van der Waals surface area contributed by atoms with Crippen LogP contribution >= 0.6 is 11.6 Å². The second-order valence-electron chi connectivity index (χ2n) is 3.23. The van der Waals surface area contributed by atoms with Crippen LogP contribution in [-0.2, 0) is 0 Å². The topological polar surface area (TPSA) is 20.2 Å². The van der Waals surface area contributed by atoms with Gasteiger partial charge in [-0.3, -0.25) is 0 Å². The number of aliphatic hydroxyl groups is 1. The molecule has 0 aromatic carbocycles. The van der Waals surface area contributed by atoms with Gasteiger partial charge in [0.2, 0.25) is 0 Å². The minimum absolute atomic E-state index is 0.0383. The van der Waals surface area contributed by atoms with Gasteiger partial charge in [-0.05, 0) is 26.8 Å². The van der Waals surface area contributed by atoms with Gasteiger partial charge in [0, 0.05) is 5.41 Å². The third-order valence-electron chi connectivity index (χ3n) is 0.827. The van der Waals surface area contributed by atoms with Crippen LogP contribution in [0.25, 0.3) is 0 Å². The zero-order chi connectivity index (χ0) is 8.91. The Kier molecular flexibility index (Phi) is 4.25. The van der Waals surface area contributed by atoms with Crippen LogP contribution < -0.4 is 0 Å². The molecule has 0 rings (SSSR count). The lowest BCUT2D eigenvalue weighted by atomic mass is 9.98. The maximum Gasteiger partial charge on any atom is 0.0887 e. The number of aliphatic hydroxyl groups excluding tert-OH is 1. The van der Waals surface area contributed by atoms with Gasteiger partial charge < -0.3 is 5.11 Å². The van der Waals surface area contributed by atoms with Gasteiger partial charge in [-0.1, -0.05) is 23.4 Å². The van der Waals surface area contributed by atoms with E-state index in [9.17, 15) is 0 Å². The summed E-state index contributed by atoms with van der Waals surface area (Å²) in [6.45, 7) is 5.95. The lowest BCUT2D eigenvalue weighted by Gasteiger charge is -2.06. The molecule has 1 N–H and O–H groups in total. The number of rotatable bonds is 1. The molecule has 0 unspecified atom stereocenters. The molecular weight excluding hydrogens is 160 g/mol. The summed E-state index contributed by atoms with van der Waals surface area (Å²) in [6, 6.07) is 0. The van der Waals surface area contributed by atoms with Crippen molar-refractivity contribution in [2.75, 3.05) is 6.61 Å². The number of hydrogen-bond acceptors (Lipinski definition) is 1. The molecule has 0 amide bonds. The van der Waals surface area contributed by atoms with Crippen molar-refractivity contribution in [3.8, 4) is 11.8 Å². The van der Waals surface area contributed by atoms with E-state index in [1.807, 2.05) is 20.8 Å². The fraction of sp³-hybridized carbons (Fsp3) is 0.556. The van der Waals surface area contributed by atoms with Crippen LogP contribution in [0, 0.1) is 17.3 Å². The third kappa shape index (κ3) is 7.45. The van der Waals surface area contributed by atoms with Crippen LogP contribution in [0.4, 0.5) is 0 Å². The quantitative estimate of drug-likeness (QED) is 0.601. The molecule has 0 bridgehead atoms. The van der Waals surface area contributed by atoms with Crippen molar-refractivity contribution in [2.45, 2.75) is 20.8 Å². The summed E-state index contributed by atoms with van der Waals surface area (Å²) < 4.78 is 0. The van der Waals surface area contributed by atoms with E-state index in [0.29, 0.717) is 5.03 Å². The molecule has 0 heterocycles. The Morgan fingerprint density at radius 2 is 2.09 bits per heavy atom. The highest BCUT2D eigenvalue weighted by Gasteiger charge is 2.02. The standard InChI is InChI=1S/C9H13ClO/c1-9(2,3)6-4-8(10)5-7-11/h5,11H,7H2,1-3H3. The highest BCUT2D eigenvalue weighted by molar-refractivity contribution is 6.32. The minimum atomic E-state index is -0.0579. The second kappa shape index (κ2) is 4.43. The molecule has 0 aliphatic rings. The first-order valence-corrected chi connectivity index (χ1v) is 3.83. The van der Waals surface area contributed by atoms with Crippen molar-refractivity contribution in [1.82, 2.24) is 0 Å². The molecule has 0 saturated carbocycles. The molecule has 0 aliphatic carbocycles. The molecule has 0 fully saturated rings. The maximum atomic E-state index is 8.44. The largest absolute Gasteiger partial charge is 0.392 e. The molecule has 0 radical (unpaired) electrons. The van der Waals surface area contributed by atoms with E-state index in [0.717, 1.165) is 0 Å². The molecule has 0 saturated heterocycles. The van der Waals surface area contributed by atoms with Gasteiger partial charge >= 0.3 is 0 Å². The summed E-state index contributed by atoms with van der Waals surface area (Å²) in [7, 11) is 0. The molecule has 0 aliphatic heterocycles. The van der Waals surface area contributed by atoms with Crippen LogP contribution in [0.2, 0.25) is 0 Å². The molecule has 0 aromatic rings. The van der Waals surface area contributed by atoms with Crippen molar-refractivity contribution in [3.63, 3.8) is 0 Å². The Balaban J connectivity index is 4.19. The van der Waals surface area contributed by atoms with Gasteiger partial charge in [-0.25, -0.2) is 0 Å². The van der Waals surface area contributed by atoms with Gasteiger partial charge in [0.1, 0.15) is 0 Å². The summed E-state index contributed by atoms with van der Waals surface area (Å²) in [5, 5.41) is 8.84. The third-order valence-corrected chi connectivity index (χ3v) is 1.08. The Labute approximate surface area is 73.1 Å². The summed E-state index contributed by atoms with van der Waals surface area (Å²) in [5.74, 6) is 5.69. The molecule has 0 aromatic heterocycles. The van der Waals surface area contributed by atoms with Crippen LogP contribution in [-0.4, -0.2) is 11.7 Å². The molecule has 11 heavy (non-hydrogen) atoms. The molecular formula is C9H13ClO. The average Bonchev–Trinajstić information content (AvgIpc) is 1.83. The number of halogens is 1. The maximum absolute atomic E-state index is 8.44. The normalized spacial score (nSPS) is 12.3. The SMILES string of the molecule is CC(C)(C)C#CC(Cl)=CCO. The van der Waals surface area contributed by atoms with E-state index in [4.69, 9.17) is 16.7 Å². The van der Waals surface area contributed by atoms with Crippen molar-refractivity contribution >= 4 is 11.6 Å². The van der Waals surface area contributed by atoms with Gasteiger partial charge in [0.25, 0.3) is 0 Å². The highest BCUT2D eigenvalue weighted by Crippen LogP contribution is 2.11. The second-order valence-corrected chi connectivity index (χ2v) is 3.64. The van der Waals surface area contributed by atoms with Crippen molar-refractivity contribution in [2.24, 2.45) is 5.41 Å². The van der Waals surface area contributed by atoms with Crippen molar-refractivity contribution in [3.05, 3.63) is 11.1 Å². The van der Waals surface area contributed by atoms with Crippen molar-refractivity contribution in [1.29, 1.82) is 0 Å². The van der Waals surface area contributed by atoms with Gasteiger partial charge in [-0.15, -0.1) is 0 Å². The number of hydrogen-bond donors (Lipinski definition) is 1.